The van der Waals surface area contributed by atoms with Crippen LogP contribution in [0.1, 0.15) is 35.5 Å². The number of carbonyl (C=O) groups is 2. The predicted octanol–water partition coefficient (Wildman–Crippen LogP) is 5.34. The number of aryl methyl sites for hydroxylation is 2. The van der Waals surface area contributed by atoms with Crippen LogP contribution in [0.5, 0.6) is 0 Å². The summed E-state index contributed by atoms with van der Waals surface area (Å²) < 4.78 is 0. The normalized spacial score (nSPS) is 10.9. The molecule has 2 heterocycles. The molecule has 156 valence electrons. The first-order valence-corrected chi connectivity index (χ1v) is 10.0. The molecular weight excluding hydrogens is 425 g/mol. The maximum absolute atomic E-state index is 12.8. The number of hydrogen-bond acceptors (Lipinski definition) is 4. The Morgan fingerprint density at radius 1 is 1.10 bits per heavy atom. The van der Waals surface area contributed by atoms with Gasteiger partial charge in [-0.1, -0.05) is 35.3 Å². The van der Waals surface area contributed by atoms with E-state index >= 15 is 0 Å². The second-order valence-electron chi connectivity index (χ2n) is 7.14. The Morgan fingerprint density at radius 2 is 1.83 bits per heavy atom. The van der Waals surface area contributed by atoms with E-state index in [9.17, 15) is 9.59 Å². The Hall–Kier alpha value is -2.90. The first kappa shape index (κ1) is 21.8. The molecule has 0 spiro atoms. The zero-order chi connectivity index (χ0) is 22.0. The third-order valence-corrected chi connectivity index (χ3v) is 4.85. The summed E-state index contributed by atoms with van der Waals surface area (Å²) in [6.07, 6.45) is 1.64. The molecule has 3 aromatic rings. The first-order valence-electron chi connectivity index (χ1n) is 9.27. The Kier molecular flexibility index (Phi) is 6.43. The number of benzene rings is 1. The molecule has 0 bridgehead atoms. The molecular formula is C21H21Cl2N5O2. The average molecular weight is 446 g/mol. The minimum Gasteiger partial charge on any atom is -0.336 e. The van der Waals surface area contributed by atoms with Gasteiger partial charge in [-0.05, 0) is 45.4 Å². The number of hydrogen-bond donors (Lipinski definition) is 3. The van der Waals surface area contributed by atoms with E-state index in [-0.39, 0.29) is 27.8 Å². The summed E-state index contributed by atoms with van der Waals surface area (Å²) in [6, 6.07) is 6.54. The molecule has 3 N–H and O–H groups in total. The van der Waals surface area contributed by atoms with Gasteiger partial charge in [0.2, 0.25) is 0 Å². The van der Waals surface area contributed by atoms with Gasteiger partial charge in [0, 0.05) is 23.3 Å². The molecule has 0 aliphatic rings. The van der Waals surface area contributed by atoms with Crippen molar-refractivity contribution in [2.24, 2.45) is 0 Å². The number of fused-ring (bicyclic) bond motifs is 1. The van der Waals surface area contributed by atoms with Crippen molar-refractivity contribution in [3.63, 3.8) is 0 Å². The SMILES string of the molecule is Cc1cc(Cl)c(C(=O)Nc2cccc3c(NC(=O)NC(C)C)c(C)cnc23)c(Cl)n1. The second-order valence-corrected chi connectivity index (χ2v) is 7.90. The second kappa shape index (κ2) is 8.85. The van der Waals surface area contributed by atoms with E-state index in [0.29, 0.717) is 28.0 Å². The number of para-hydroxylation sites is 1. The molecule has 3 rings (SSSR count). The molecule has 0 fully saturated rings. The van der Waals surface area contributed by atoms with E-state index in [0.717, 1.165) is 5.56 Å². The van der Waals surface area contributed by atoms with E-state index in [1.54, 1.807) is 31.3 Å². The summed E-state index contributed by atoms with van der Waals surface area (Å²) in [4.78, 5) is 33.6. The number of pyridine rings is 2. The lowest BCUT2D eigenvalue weighted by Crippen LogP contribution is -2.34. The van der Waals surface area contributed by atoms with Crippen LogP contribution < -0.4 is 16.0 Å². The van der Waals surface area contributed by atoms with Crippen LogP contribution in [0, 0.1) is 13.8 Å². The van der Waals surface area contributed by atoms with Crippen LogP contribution in [0.25, 0.3) is 10.9 Å². The monoisotopic (exact) mass is 445 g/mol. The van der Waals surface area contributed by atoms with Crippen molar-refractivity contribution in [2.75, 3.05) is 10.6 Å². The van der Waals surface area contributed by atoms with Gasteiger partial charge in [-0.15, -0.1) is 0 Å². The highest BCUT2D eigenvalue weighted by Gasteiger charge is 2.19. The number of aromatic nitrogens is 2. The van der Waals surface area contributed by atoms with Crippen LogP contribution >= 0.6 is 23.2 Å². The molecule has 0 saturated heterocycles. The van der Waals surface area contributed by atoms with Gasteiger partial charge >= 0.3 is 6.03 Å². The summed E-state index contributed by atoms with van der Waals surface area (Å²) in [5.41, 5.74) is 3.07. The summed E-state index contributed by atoms with van der Waals surface area (Å²) in [5.74, 6) is -0.501. The molecule has 0 aliphatic carbocycles. The fourth-order valence-corrected chi connectivity index (χ4v) is 3.69. The molecule has 1 aromatic carbocycles. The van der Waals surface area contributed by atoms with Crippen molar-refractivity contribution in [2.45, 2.75) is 33.7 Å². The maximum atomic E-state index is 12.8. The van der Waals surface area contributed by atoms with Gasteiger partial charge in [0.25, 0.3) is 5.91 Å². The first-order chi connectivity index (χ1) is 14.2. The number of urea groups is 1. The quantitative estimate of drug-likeness (QED) is 0.472. The number of anilines is 2. The molecule has 0 saturated carbocycles. The molecule has 2 aromatic heterocycles. The lowest BCUT2D eigenvalue weighted by atomic mass is 10.1. The van der Waals surface area contributed by atoms with E-state index in [4.69, 9.17) is 23.2 Å². The highest BCUT2D eigenvalue weighted by atomic mass is 35.5. The zero-order valence-corrected chi connectivity index (χ0v) is 18.4. The van der Waals surface area contributed by atoms with Gasteiger partial charge in [0.1, 0.15) is 5.15 Å². The van der Waals surface area contributed by atoms with Gasteiger partial charge in [-0.25, -0.2) is 9.78 Å². The standard InChI is InChI=1S/C21H21Cl2N5O2/c1-10(2)25-21(30)28-17-11(3)9-24-18-13(17)6-5-7-15(18)27-20(29)16-14(22)8-12(4)26-19(16)23/h5-10H,1-4H3,(H,27,29)(H2,24,25,28,30). The third-order valence-electron chi connectivity index (χ3n) is 4.28. The van der Waals surface area contributed by atoms with E-state index in [1.807, 2.05) is 26.8 Å². The number of nitrogens with zero attached hydrogens (tertiary/aromatic N) is 2. The van der Waals surface area contributed by atoms with Crippen LogP contribution in [-0.2, 0) is 0 Å². The number of halogens is 2. The molecule has 7 nitrogen and oxygen atoms in total. The summed E-state index contributed by atoms with van der Waals surface area (Å²) in [7, 11) is 0. The number of rotatable bonds is 4. The van der Waals surface area contributed by atoms with Crippen LogP contribution in [0.2, 0.25) is 10.2 Å². The summed E-state index contributed by atoms with van der Waals surface area (Å²) in [6.45, 7) is 7.34. The molecule has 0 aliphatic heterocycles. The molecule has 0 unspecified atom stereocenters. The van der Waals surface area contributed by atoms with Gasteiger partial charge in [0.15, 0.2) is 0 Å². The minimum absolute atomic E-state index is 0.00845. The Morgan fingerprint density at radius 3 is 2.50 bits per heavy atom. The van der Waals surface area contributed by atoms with E-state index in [2.05, 4.69) is 25.9 Å². The smallest absolute Gasteiger partial charge is 0.319 e. The number of carbonyl (C=O) groups excluding carboxylic acids is 2. The molecule has 9 heteroatoms. The van der Waals surface area contributed by atoms with Crippen LogP contribution in [-0.4, -0.2) is 27.9 Å². The van der Waals surface area contributed by atoms with Gasteiger partial charge < -0.3 is 16.0 Å². The lowest BCUT2D eigenvalue weighted by Gasteiger charge is -2.16. The molecule has 0 atom stereocenters. The topological polar surface area (TPSA) is 96.0 Å². The third kappa shape index (κ3) is 4.63. The predicted molar refractivity (Wildman–Crippen MR) is 121 cm³/mol. The zero-order valence-electron chi connectivity index (χ0n) is 16.9. The largest absolute Gasteiger partial charge is 0.336 e. The maximum Gasteiger partial charge on any atom is 0.319 e. The Bertz CT molecular complexity index is 1120. The minimum atomic E-state index is -0.501. The van der Waals surface area contributed by atoms with Gasteiger partial charge in [0.05, 0.1) is 27.5 Å². The van der Waals surface area contributed by atoms with Gasteiger partial charge in [-0.3, -0.25) is 9.78 Å². The van der Waals surface area contributed by atoms with Crippen LogP contribution in [0.4, 0.5) is 16.2 Å². The van der Waals surface area contributed by atoms with Crippen molar-refractivity contribution in [1.82, 2.24) is 15.3 Å². The average Bonchev–Trinajstić information content (AvgIpc) is 2.62. The number of amides is 3. The van der Waals surface area contributed by atoms with E-state index < -0.39 is 5.91 Å². The fraction of sp³-hybridized carbons (Fsp3) is 0.238. The Balaban J connectivity index is 1.99. The van der Waals surface area contributed by atoms with Crippen molar-refractivity contribution in [3.8, 4) is 0 Å². The van der Waals surface area contributed by atoms with Crippen molar-refractivity contribution >= 4 is 57.4 Å². The Labute approximate surface area is 184 Å². The molecule has 3 amide bonds. The molecule has 0 radical (unpaired) electrons. The van der Waals surface area contributed by atoms with Crippen LogP contribution in [0.15, 0.2) is 30.5 Å². The van der Waals surface area contributed by atoms with Crippen LogP contribution in [0.3, 0.4) is 0 Å². The molecule has 30 heavy (non-hydrogen) atoms. The highest BCUT2D eigenvalue weighted by molar-refractivity contribution is 6.39. The highest BCUT2D eigenvalue weighted by Crippen LogP contribution is 2.31. The fourth-order valence-electron chi connectivity index (χ4n) is 2.99. The van der Waals surface area contributed by atoms with Crippen molar-refractivity contribution in [1.29, 1.82) is 0 Å². The summed E-state index contributed by atoms with van der Waals surface area (Å²) >= 11 is 12.3. The number of nitrogens with one attached hydrogen (secondary N) is 3. The van der Waals surface area contributed by atoms with Crippen molar-refractivity contribution in [3.05, 3.63) is 57.5 Å². The lowest BCUT2D eigenvalue weighted by molar-refractivity contribution is 0.102. The van der Waals surface area contributed by atoms with E-state index in [1.165, 1.54) is 0 Å². The summed E-state index contributed by atoms with van der Waals surface area (Å²) in [5, 5.41) is 9.37. The van der Waals surface area contributed by atoms with Gasteiger partial charge in [-0.2, -0.15) is 0 Å². The van der Waals surface area contributed by atoms with Crippen molar-refractivity contribution < 1.29 is 9.59 Å².